The SMILES string of the molecule is CN1CC[C@@H](Oc2nc(N)cc(F)n2)C1. The number of halogens is 1. The third-order valence-corrected chi connectivity index (χ3v) is 2.31. The summed E-state index contributed by atoms with van der Waals surface area (Å²) in [4.78, 5) is 9.46. The van der Waals surface area contributed by atoms with Crippen LogP contribution >= 0.6 is 0 Å². The lowest BCUT2D eigenvalue weighted by Crippen LogP contribution is -2.22. The van der Waals surface area contributed by atoms with Gasteiger partial charge in [0.15, 0.2) is 0 Å². The highest BCUT2D eigenvalue weighted by Gasteiger charge is 2.22. The summed E-state index contributed by atoms with van der Waals surface area (Å²) in [7, 11) is 2.00. The van der Waals surface area contributed by atoms with E-state index in [0.717, 1.165) is 25.6 Å². The Labute approximate surface area is 87.1 Å². The molecule has 2 heterocycles. The largest absolute Gasteiger partial charge is 0.459 e. The van der Waals surface area contributed by atoms with Crippen LogP contribution in [0.25, 0.3) is 0 Å². The van der Waals surface area contributed by atoms with E-state index in [1.54, 1.807) is 0 Å². The van der Waals surface area contributed by atoms with Crippen molar-refractivity contribution in [3.05, 3.63) is 12.0 Å². The first-order valence-corrected chi connectivity index (χ1v) is 4.79. The van der Waals surface area contributed by atoms with Crippen LogP contribution < -0.4 is 10.5 Å². The van der Waals surface area contributed by atoms with Crippen molar-refractivity contribution >= 4 is 5.82 Å². The van der Waals surface area contributed by atoms with Gasteiger partial charge in [-0.25, -0.2) is 0 Å². The monoisotopic (exact) mass is 212 g/mol. The van der Waals surface area contributed by atoms with Gasteiger partial charge in [0, 0.05) is 19.2 Å². The highest BCUT2D eigenvalue weighted by molar-refractivity contribution is 5.27. The number of likely N-dealkylation sites (tertiary alicyclic amines) is 1. The Morgan fingerprint density at radius 1 is 1.60 bits per heavy atom. The fourth-order valence-corrected chi connectivity index (χ4v) is 1.61. The zero-order valence-corrected chi connectivity index (χ0v) is 8.48. The fraction of sp³-hybridized carbons (Fsp3) is 0.556. The van der Waals surface area contributed by atoms with Crippen LogP contribution in [-0.2, 0) is 0 Å². The molecule has 0 unspecified atom stereocenters. The van der Waals surface area contributed by atoms with Gasteiger partial charge in [-0.2, -0.15) is 14.4 Å². The number of anilines is 1. The van der Waals surface area contributed by atoms with Gasteiger partial charge in [0.25, 0.3) is 0 Å². The minimum atomic E-state index is -0.663. The zero-order valence-electron chi connectivity index (χ0n) is 8.48. The maximum Gasteiger partial charge on any atom is 0.321 e. The van der Waals surface area contributed by atoms with Crippen molar-refractivity contribution in [3.8, 4) is 6.01 Å². The summed E-state index contributed by atoms with van der Waals surface area (Å²) in [6, 6.07) is 1.08. The summed E-state index contributed by atoms with van der Waals surface area (Å²) in [5.74, 6) is -0.576. The van der Waals surface area contributed by atoms with Crippen molar-refractivity contribution in [2.24, 2.45) is 0 Å². The molecule has 1 aliphatic rings. The van der Waals surface area contributed by atoms with Crippen molar-refractivity contribution in [2.45, 2.75) is 12.5 Å². The van der Waals surface area contributed by atoms with Crippen LogP contribution in [0.2, 0.25) is 0 Å². The summed E-state index contributed by atoms with van der Waals surface area (Å²) < 4.78 is 18.3. The number of nitrogens with zero attached hydrogens (tertiary/aromatic N) is 3. The Morgan fingerprint density at radius 3 is 3.00 bits per heavy atom. The van der Waals surface area contributed by atoms with E-state index in [2.05, 4.69) is 14.9 Å². The fourth-order valence-electron chi connectivity index (χ4n) is 1.61. The topological polar surface area (TPSA) is 64.3 Å². The van der Waals surface area contributed by atoms with Crippen LogP contribution in [0.1, 0.15) is 6.42 Å². The molecule has 1 aromatic heterocycles. The minimum absolute atomic E-state index is 0.0211. The lowest BCUT2D eigenvalue weighted by Gasteiger charge is -2.11. The molecule has 1 fully saturated rings. The second kappa shape index (κ2) is 3.98. The number of hydrogen-bond acceptors (Lipinski definition) is 5. The molecular formula is C9H13FN4O. The van der Waals surface area contributed by atoms with Crippen molar-refractivity contribution in [1.82, 2.24) is 14.9 Å². The molecule has 2 rings (SSSR count). The third-order valence-electron chi connectivity index (χ3n) is 2.31. The van der Waals surface area contributed by atoms with E-state index in [1.165, 1.54) is 0 Å². The molecule has 5 nitrogen and oxygen atoms in total. The molecule has 1 saturated heterocycles. The lowest BCUT2D eigenvalue weighted by molar-refractivity contribution is 0.189. The quantitative estimate of drug-likeness (QED) is 0.713. The first kappa shape index (κ1) is 10.1. The summed E-state index contributed by atoms with van der Waals surface area (Å²) in [6.45, 7) is 1.77. The second-order valence-electron chi connectivity index (χ2n) is 3.69. The highest BCUT2D eigenvalue weighted by Crippen LogP contribution is 2.15. The summed E-state index contributed by atoms with van der Waals surface area (Å²) in [5, 5.41) is 0. The van der Waals surface area contributed by atoms with E-state index in [9.17, 15) is 4.39 Å². The van der Waals surface area contributed by atoms with Gasteiger partial charge in [0.1, 0.15) is 11.9 Å². The van der Waals surface area contributed by atoms with Crippen LogP contribution in [0.4, 0.5) is 10.2 Å². The Hall–Kier alpha value is -1.43. The van der Waals surface area contributed by atoms with E-state index in [1.807, 2.05) is 7.05 Å². The van der Waals surface area contributed by atoms with Gasteiger partial charge >= 0.3 is 6.01 Å². The van der Waals surface area contributed by atoms with Crippen molar-refractivity contribution in [3.63, 3.8) is 0 Å². The molecular weight excluding hydrogens is 199 g/mol. The third kappa shape index (κ3) is 2.53. The maximum absolute atomic E-state index is 12.9. The van der Waals surface area contributed by atoms with Gasteiger partial charge in [0.2, 0.25) is 5.95 Å². The molecule has 0 spiro atoms. The number of aromatic nitrogens is 2. The number of ether oxygens (including phenoxy) is 1. The van der Waals surface area contributed by atoms with Gasteiger partial charge in [-0.3, -0.25) is 0 Å². The molecule has 6 heteroatoms. The zero-order chi connectivity index (χ0) is 10.8. The molecule has 0 amide bonds. The predicted molar refractivity (Wildman–Crippen MR) is 52.9 cm³/mol. The molecule has 0 saturated carbocycles. The van der Waals surface area contributed by atoms with Crippen LogP contribution in [0, 0.1) is 5.95 Å². The van der Waals surface area contributed by atoms with Crippen LogP contribution in [-0.4, -0.2) is 41.1 Å². The van der Waals surface area contributed by atoms with E-state index in [4.69, 9.17) is 10.5 Å². The second-order valence-corrected chi connectivity index (χ2v) is 3.69. The Balaban J connectivity index is 2.04. The molecule has 1 aromatic rings. The van der Waals surface area contributed by atoms with Gasteiger partial charge in [-0.15, -0.1) is 0 Å². The molecule has 2 N–H and O–H groups in total. The van der Waals surface area contributed by atoms with Gasteiger partial charge < -0.3 is 15.4 Å². The van der Waals surface area contributed by atoms with E-state index < -0.39 is 5.95 Å². The molecule has 0 radical (unpaired) electrons. The normalized spacial score (nSPS) is 21.9. The number of rotatable bonds is 2. The van der Waals surface area contributed by atoms with Gasteiger partial charge in [-0.05, 0) is 13.5 Å². The summed E-state index contributed by atoms with van der Waals surface area (Å²) in [5.41, 5.74) is 5.38. The molecule has 0 aliphatic carbocycles. The summed E-state index contributed by atoms with van der Waals surface area (Å²) >= 11 is 0. The molecule has 82 valence electrons. The first-order valence-electron chi connectivity index (χ1n) is 4.79. The predicted octanol–water partition coefficient (Wildman–Crippen LogP) is 0.281. The average Bonchev–Trinajstić information content (AvgIpc) is 2.49. The van der Waals surface area contributed by atoms with Crippen LogP contribution in [0.5, 0.6) is 6.01 Å². The van der Waals surface area contributed by atoms with Gasteiger partial charge in [-0.1, -0.05) is 0 Å². The Morgan fingerprint density at radius 2 is 2.40 bits per heavy atom. The Kier molecular flexibility index (Phi) is 2.68. The lowest BCUT2D eigenvalue weighted by atomic mass is 10.3. The highest BCUT2D eigenvalue weighted by atomic mass is 19.1. The number of likely N-dealkylation sites (N-methyl/N-ethyl adjacent to an activating group) is 1. The van der Waals surface area contributed by atoms with E-state index in [-0.39, 0.29) is 17.9 Å². The number of hydrogen-bond donors (Lipinski definition) is 1. The van der Waals surface area contributed by atoms with Crippen molar-refractivity contribution in [1.29, 1.82) is 0 Å². The number of nitrogens with two attached hydrogens (primary N) is 1. The first-order chi connectivity index (χ1) is 7.13. The van der Waals surface area contributed by atoms with Crippen LogP contribution in [0.15, 0.2) is 6.07 Å². The average molecular weight is 212 g/mol. The van der Waals surface area contributed by atoms with Crippen molar-refractivity contribution in [2.75, 3.05) is 25.9 Å². The van der Waals surface area contributed by atoms with Gasteiger partial charge in [0.05, 0.1) is 0 Å². The van der Waals surface area contributed by atoms with Crippen LogP contribution in [0.3, 0.4) is 0 Å². The molecule has 1 atom stereocenters. The maximum atomic E-state index is 12.9. The van der Waals surface area contributed by atoms with E-state index >= 15 is 0 Å². The molecule has 15 heavy (non-hydrogen) atoms. The minimum Gasteiger partial charge on any atom is -0.459 e. The van der Waals surface area contributed by atoms with Crippen molar-refractivity contribution < 1.29 is 9.13 Å². The van der Waals surface area contributed by atoms with E-state index in [0.29, 0.717) is 0 Å². The Bertz CT molecular complexity index is 340. The summed E-state index contributed by atoms with van der Waals surface area (Å²) in [6.07, 6.45) is 0.923. The molecule has 0 aromatic carbocycles. The number of nitrogen functional groups attached to an aromatic ring is 1. The smallest absolute Gasteiger partial charge is 0.321 e. The molecule has 0 bridgehead atoms. The standard InChI is InChI=1S/C9H13FN4O/c1-14-3-2-6(5-14)15-9-12-7(10)4-8(11)13-9/h4,6H,2-3,5H2,1H3,(H2,11,12,13)/t6-/m1/s1. The molecule has 1 aliphatic heterocycles.